The molecule has 3 aromatic carbocycles. The number of fused-ring (bicyclic) bond motifs is 1. The zero-order chi connectivity index (χ0) is 20.4. The Morgan fingerprint density at radius 1 is 1.00 bits per heavy atom. The van der Waals surface area contributed by atoms with E-state index in [9.17, 15) is 4.79 Å². The highest BCUT2D eigenvalue weighted by atomic mass is 35.5. The molecule has 0 saturated heterocycles. The van der Waals surface area contributed by atoms with E-state index in [0.29, 0.717) is 16.5 Å². The Balaban J connectivity index is 1.46. The smallest absolute Gasteiger partial charge is 0.267 e. The van der Waals surface area contributed by atoms with Crippen LogP contribution in [0.1, 0.15) is 13.8 Å². The number of thiazole rings is 1. The van der Waals surface area contributed by atoms with E-state index in [1.807, 2.05) is 42.5 Å². The number of anilines is 1. The largest absolute Gasteiger partial charge is 0.478 e. The first-order chi connectivity index (χ1) is 13.9. The van der Waals surface area contributed by atoms with Crippen molar-refractivity contribution in [1.29, 1.82) is 0 Å². The summed E-state index contributed by atoms with van der Waals surface area (Å²) in [5.41, 5.74) is 1.67. The van der Waals surface area contributed by atoms with E-state index in [1.165, 1.54) is 0 Å². The van der Waals surface area contributed by atoms with Gasteiger partial charge in [-0.25, -0.2) is 4.98 Å². The SMILES string of the molecule is CC(C)(Oc1ccc(Cl)cc1)C(=O)Nc1ccc(-c2nc3ccccc3s2)cc1. The fourth-order valence-corrected chi connectivity index (χ4v) is 3.91. The second-order valence-electron chi connectivity index (χ2n) is 7.08. The average molecular weight is 423 g/mol. The molecule has 0 radical (unpaired) electrons. The van der Waals surface area contributed by atoms with Gasteiger partial charge in [-0.1, -0.05) is 23.7 Å². The van der Waals surface area contributed by atoms with Gasteiger partial charge in [0, 0.05) is 16.3 Å². The Labute approximate surface area is 178 Å². The van der Waals surface area contributed by atoms with Gasteiger partial charge in [0.05, 0.1) is 10.2 Å². The van der Waals surface area contributed by atoms with Crippen molar-refractivity contribution in [3.8, 4) is 16.3 Å². The zero-order valence-corrected chi connectivity index (χ0v) is 17.6. The quantitative estimate of drug-likeness (QED) is 0.404. The third-order valence-corrected chi connectivity index (χ3v) is 5.75. The summed E-state index contributed by atoms with van der Waals surface area (Å²) in [6, 6.07) is 22.7. The number of halogens is 1. The molecular weight excluding hydrogens is 404 g/mol. The number of benzene rings is 3. The average Bonchev–Trinajstić information content (AvgIpc) is 3.14. The number of rotatable bonds is 5. The molecular formula is C23H19ClN2O2S. The van der Waals surface area contributed by atoms with E-state index in [-0.39, 0.29) is 5.91 Å². The van der Waals surface area contributed by atoms with Crippen LogP contribution in [0.25, 0.3) is 20.8 Å². The predicted octanol–water partition coefficient (Wildman–Crippen LogP) is 6.41. The maximum atomic E-state index is 12.7. The number of nitrogens with zero attached hydrogens (tertiary/aromatic N) is 1. The summed E-state index contributed by atoms with van der Waals surface area (Å²) in [4.78, 5) is 17.4. The highest BCUT2D eigenvalue weighted by Gasteiger charge is 2.30. The van der Waals surface area contributed by atoms with Crippen molar-refractivity contribution in [3.05, 3.63) is 77.8 Å². The molecule has 4 rings (SSSR count). The van der Waals surface area contributed by atoms with E-state index in [0.717, 1.165) is 20.8 Å². The van der Waals surface area contributed by atoms with Crippen molar-refractivity contribution in [2.45, 2.75) is 19.4 Å². The van der Waals surface area contributed by atoms with Gasteiger partial charge >= 0.3 is 0 Å². The number of carbonyl (C=O) groups is 1. The number of hydrogen-bond acceptors (Lipinski definition) is 4. The van der Waals surface area contributed by atoms with E-state index in [4.69, 9.17) is 16.3 Å². The highest BCUT2D eigenvalue weighted by Crippen LogP contribution is 2.30. The number of amides is 1. The highest BCUT2D eigenvalue weighted by molar-refractivity contribution is 7.21. The standard InChI is InChI=1S/C23H19ClN2O2S/c1-23(2,28-18-13-9-16(24)10-14-18)22(27)25-17-11-7-15(8-12-17)21-26-19-5-3-4-6-20(19)29-21/h3-14H,1-2H3,(H,25,27). The van der Waals surface area contributed by atoms with Gasteiger partial charge < -0.3 is 10.1 Å². The van der Waals surface area contributed by atoms with Crippen LogP contribution in [-0.2, 0) is 4.79 Å². The molecule has 0 atom stereocenters. The summed E-state index contributed by atoms with van der Waals surface area (Å²) in [7, 11) is 0. The van der Waals surface area contributed by atoms with Crippen LogP contribution in [0.4, 0.5) is 5.69 Å². The van der Waals surface area contributed by atoms with Gasteiger partial charge in [0.1, 0.15) is 10.8 Å². The van der Waals surface area contributed by atoms with E-state index >= 15 is 0 Å². The summed E-state index contributed by atoms with van der Waals surface area (Å²) in [5, 5.41) is 4.48. The minimum Gasteiger partial charge on any atom is -0.478 e. The molecule has 1 aromatic heterocycles. The first kappa shape index (κ1) is 19.4. The lowest BCUT2D eigenvalue weighted by Crippen LogP contribution is -2.42. The molecule has 0 aliphatic rings. The van der Waals surface area contributed by atoms with Crippen LogP contribution in [0.2, 0.25) is 5.02 Å². The van der Waals surface area contributed by atoms with Crippen LogP contribution in [0.5, 0.6) is 5.75 Å². The summed E-state index contributed by atoms with van der Waals surface area (Å²) in [6.07, 6.45) is 0. The monoisotopic (exact) mass is 422 g/mol. The molecule has 1 amide bonds. The number of hydrogen-bond donors (Lipinski definition) is 1. The summed E-state index contributed by atoms with van der Waals surface area (Å²) in [5.74, 6) is 0.348. The lowest BCUT2D eigenvalue weighted by Gasteiger charge is -2.25. The molecule has 0 aliphatic carbocycles. The summed E-state index contributed by atoms with van der Waals surface area (Å²) < 4.78 is 6.99. The summed E-state index contributed by atoms with van der Waals surface area (Å²) >= 11 is 7.54. The number of para-hydroxylation sites is 1. The van der Waals surface area contributed by atoms with Crippen molar-refractivity contribution in [3.63, 3.8) is 0 Å². The number of ether oxygens (including phenoxy) is 1. The van der Waals surface area contributed by atoms with Crippen molar-refractivity contribution in [1.82, 2.24) is 4.98 Å². The lowest BCUT2D eigenvalue weighted by atomic mass is 10.1. The van der Waals surface area contributed by atoms with E-state index < -0.39 is 5.60 Å². The molecule has 6 heteroatoms. The number of nitrogens with one attached hydrogen (secondary N) is 1. The van der Waals surface area contributed by atoms with Gasteiger partial charge in [-0.05, 0) is 74.5 Å². The van der Waals surface area contributed by atoms with Crippen molar-refractivity contribution in [2.75, 3.05) is 5.32 Å². The van der Waals surface area contributed by atoms with Gasteiger partial charge in [0.15, 0.2) is 5.60 Å². The van der Waals surface area contributed by atoms with Crippen LogP contribution in [0.3, 0.4) is 0 Å². The first-order valence-electron chi connectivity index (χ1n) is 9.13. The molecule has 0 aliphatic heterocycles. The van der Waals surface area contributed by atoms with Crippen LogP contribution in [0.15, 0.2) is 72.8 Å². The van der Waals surface area contributed by atoms with Gasteiger partial charge in [-0.3, -0.25) is 4.79 Å². The topological polar surface area (TPSA) is 51.2 Å². The van der Waals surface area contributed by atoms with Gasteiger partial charge in [0.25, 0.3) is 5.91 Å². The Morgan fingerprint density at radius 3 is 2.38 bits per heavy atom. The second-order valence-corrected chi connectivity index (χ2v) is 8.55. The number of carbonyl (C=O) groups excluding carboxylic acids is 1. The van der Waals surface area contributed by atoms with Gasteiger partial charge in [0.2, 0.25) is 0 Å². The molecule has 29 heavy (non-hydrogen) atoms. The minimum atomic E-state index is -1.04. The molecule has 4 aromatic rings. The first-order valence-corrected chi connectivity index (χ1v) is 10.3. The maximum absolute atomic E-state index is 12.7. The van der Waals surface area contributed by atoms with Crippen molar-refractivity contribution in [2.24, 2.45) is 0 Å². The predicted molar refractivity (Wildman–Crippen MR) is 120 cm³/mol. The normalized spacial score (nSPS) is 11.4. The zero-order valence-electron chi connectivity index (χ0n) is 16.0. The fraction of sp³-hybridized carbons (Fsp3) is 0.130. The molecule has 0 unspecified atom stereocenters. The van der Waals surface area contributed by atoms with E-state index in [2.05, 4.69) is 16.4 Å². The Bertz CT molecular complexity index is 1120. The molecule has 0 saturated carbocycles. The van der Waals surface area contributed by atoms with Crippen molar-refractivity contribution >= 4 is 44.7 Å². The Morgan fingerprint density at radius 2 is 1.69 bits per heavy atom. The molecule has 0 fully saturated rings. The van der Waals surface area contributed by atoms with Crippen LogP contribution in [-0.4, -0.2) is 16.5 Å². The van der Waals surface area contributed by atoms with Crippen LogP contribution >= 0.6 is 22.9 Å². The molecule has 0 spiro atoms. The molecule has 146 valence electrons. The summed E-state index contributed by atoms with van der Waals surface area (Å²) in [6.45, 7) is 3.46. The third-order valence-electron chi connectivity index (χ3n) is 4.42. The van der Waals surface area contributed by atoms with Crippen LogP contribution in [0, 0.1) is 0 Å². The second kappa shape index (κ2) is 7.85. The molecule has 0 bridgehead atoms. The Kier molecular flexibility index (Phi) is 5.26. The molecule has 1 N–H and O–H groups in total. The van der Waals surface area contributed by atoms with Gasteiger partial charge in [-0.15, -0.1) is 11.3 Å². The fourth-order valence-electron chi connectivity index (χ4n) is 2.82. The van der Waals surface area contributed by atoms with Crippen molar-refractivity contribution < 1.29 is 9.53 Å². The molecule has 4 nitrogen and oxygen atoms in total. The Hall–Kier alpha value is -2.89. The molecule has 1 heterocycles. The van der Waals surface area contributed by atoms with E-state index in [1.54, 1.807) is 49.4 Å². The van der Waals surface area contributed by atoms with Gasteiger partial charge in [-0.2, -0.15) is 0 Å². The maximum Gasteiger partial charge on any atom is 0.267 e. The lowest BCUT2D eigenvalue weighted by molar-refractivity contribution is -0.128. The van der Waals surface area contributed by atoms with Crippen LogP contribution < -0.4 is 10.1 Å². The minimum absolute atomic E-state index is 0.236. The third kappa shape index (κ3) is 4.42. The number of aromatic nitrogens is 1.